The van der Waals surface area contributed by atoms with Crippen LogP contribution in [0.1, 0.15) is 38.7 Å². The van der Waals surface area contributed by atoms with Crippen molar-refractivity contribution in [1.29, 1.82) is 0 Å². The van der Waals surface area contributed by atoms with Gasteiger partial charge in [0.1, 0.15) is 5.60 Å². The van der Waals surface area contributed by atoms with Gasteiger partial charge in [-0.05, 0) is 31.4 Å². The zero-order valence-electron chi connectivity index (χ0n) is 11.6. The van der Waals surface area contributed by atoms with Crippen LogP contribution in [-0.2, 0) is 4.74 Å². The predicted molar refractivity (Wildman–Crippen MR) is 71.1 cm³/mol. The van der Waals surface area contributed by atoms with E-state index in [2.05, 4.69) is 11.8 Å². The molecule has 1 aliphatic rings. The molecular formula is C16H17F3O. The first kappa shape index (κ1) is 14.9. The van der Waals surface area contributed by atoms with Gasteiger partial charge in [0, 0.05) is 5.56 Å². The maximum atomic E-state index is 13.3. The first-order valence-electron chi connectivity index (χ1n) is 6.70. The highest BCUT2D eigenvalue weighted by atomic mass is 19.4. The highest BCUT2D eigenvalue weighted by Gasteiger charge is 2.79. The fourth-order valence-corrected chi connectivity index (χ4v) is 2.32. The third-order valence-corrected chi connectivity index (χ3v) is 3.64. The molecule has 1 fully saturated rings. The molecule has 0 aliphatic carbocycles. The van der Waals surface area contributed by atoms with Crippen molar-refractivity contribution < 1.29 is 17.9 Å². The maximum absolute atomic E-state index is 13.3. The van der Waals surface area contributed by atoms with Crippen molar-refractivity contribution in [2.24, 2.45) is 0 Å². The molecular weight excluding hydrogens is 265 g/mol. The Balaban J connectivity index is 2.27. The van der Waals surface area contributed by atoms with Crippen LogP contribution in [0.3, 0.4) is 0 Å². The van der Waals surface area contributed by atoms with Gasteiger partial charge in [-0.15, -0.1) is 0 Å². The smallest absolute Gasteiger partial charge is 0.341 e. The molecule has 108 valence electrons. The maximum Gasteiger partial charge on any atom is 0.431 e. The number of halogens is 3. The topological polar surface area (TPSA) is 12.5 Å². The number of hydrogen-bond acceptors (Lipinski definition) is 1. The normalized spacial score (nSPS) is 28.6. The highest BCUT2D eigenvalue weighted by Crippen LogP contribution is 2.59. The number of alkyl halides is 3. The highest BCUT2D eigenvalue weighted by molar-refractivity contribution is 5.42. The molecule has 0 saturated carbocycles. The third kappa shape index (κ3) is 2.55. The van der Waals surface area contributed by atoms with Gasteiger partial charge in [-0.3, -0.25) is 0 Å². The van der Waals surface area contributed by atoms with Crippen LogP contribution in [-0.4, -0.2) is 17.4 Å². The van der Waals surface area contributed by atoms with E-state index in [0.29, 0.717) is 18.4 Å². The van der Waals surface area contributed by atoms with Gasteiger partial charge in [0.15, 0.2) is 0 Å². The van der Waals surface area contributed by atoms with E-state index in [1.807, 2.05) is 6.92 Å². The zero-order valence-corrected chi connectivity index (χ0v) is 11.6. The van der Waals surface area contributed by atoms with Crippen molar-refractivity contribution in [3.8, 4) is 11.8 Å². The summed E-state index contributed by atoms with van der Waals surface area (Å²) in [4.78, 5) is 0. The molecule has 1 aromatic rings. The summed E-state index contributed by atoms with van der Waals surface area (Å²) in [7, 11) is 0. The summed E-state index contributed by atoms with van der Waals surface area (Å²) in [6.07, 6.45) is -2.58. The largest absolute Gasteiger partial charge is 0.431 e. The van der Waals surface area contributed by atoms with E-state index in [-0.39, 0.29) is 0 Å². The molecule has 0 bridgehead atoms. The number of epoxide rings is 1. The number of hydrogen-bond donors (Lipinski definition) is 0. The Kier molecular flexibility index (Phi) is 3.84. The summed E-state index contributed by atoms with van der Waals surface area (Å²) in [6, 6.07) is 8.65. The third-order valence-electron chi connectivity index (χ3n) is 3.64. The Hall–Kier alpha value is -1.47. The minimum Gasteiger partial charge on any atom is -0.341 e. The molecule has 1 aliphatic heterocycles. The van der Waals surface area contributed by atoms with Crippen LogP contribution in [0, 0.1) is 11.8 Å². The van der Waals surface area contributed by atoms with Crippen LogP contribution < -0.4 is 0 Å². The molecule has 0 amide bonds. The van der Waals surface area contributed by atoms with Crippen molar-refractivity contribution in [3.05, 3.63) is 35.9 Å². The Labute approximate surface area is 117 Å². The standard InChI is InChI=1S/C16H17F3O/c1-3-4-11-14(2)15(20-14,16(17,18)19)12-10-13-8-6-5-7-9-13/h5-9H,3-4,11H2,1-2H3/t14-,15+/m0/s1. The van der Waals surface area contributed by atoms with Crippen LogP contribution >= 0.6 is 0 Å². The van der Waals surface area contributed by atoms with Crippen molar-refractivity contribution in [1.82, 2.24) is 0 Å². The summed E-state index contributed by atoms with van der Waals surface area (Å²) in [6.45, 7) is 3.44. The summed E-state index contributed by atoms with van der Waals surface area (Å²) >= 11 is 0. The van der Waals surface area contributed by atoms with Gasteiger partial charge in [-0.25, -0.2) is 0 Å². The van der Waals surface area contributed by atoms with Gasteiger partial charge in [0.05, 0.1) is 0 Å². The quantitative estimate of drug-likeness (QED) is 0.594. The molecule has 20 heavy (non-hydrogen) atoms. The molecule has 4 heteroatoms. The number of benzene rings is 1. The van der Waals surface area contributed by atoms with Gasteiger partial charge in [-0.2, -0.15) is 13.2 Å². The summed E-state index contributed by atoms with van der Waals surface area (Å²) in [5.74, 6) is 4.92. The molecule has 0 radical (unpaired) electrons. The van der Waals surface area contributed by atoms with E-state index in [1.165, 1.54) is 6.92 Å². The monoisotopic (exact) mass is 282 g/mol. The Morgan fingerprint density at radius 3 is 2.40 bits per heavy atom. The van der Waals surface area contributed by atoms with E-state index >= 15 is 0 Å². The molecule has 1 aromatic carbocycles. The average Bonchev–Trinajstić information content (AvgIpc) is 3.02. The lowest BCUT2D eigenvalue weighted by molar-refractivity contribution is -0.167. The Bertz CT molecular complexity index is 526. The molecule has 0 spiro atoms. The molecule has 1 heterocycles. The fourth-order valence-electron chi connectivity index (χ4n) is 2.32. The lowest BCUT2D eigenvalue weighted by atomic mass is 9.89. The van der Waals surface area contributed by atoms with E-state index in [9.17, 15) is 13.2 Å². The first-order chi connectivity index (χ1) is 9.35. The van der Waals surface area contributed by atoms with Crippen LogP contribution in [0.15, 0.2) is 30.3 Å². The van der Waals surface area contributed by atoms with E-state index in [4.69, 9.17) is 4.74 Å². The number of unbranched alkanes of at least 4 members (excludes halogenated alkanes) is 1. The van der Waals surface area contributed by atoms with E-state index in [0.717, 1.165) is 6.42 Å². The van der Waals surface area contributed by atoms with Crippen molar-refractivity contribution in [2.75, 3.05) is 0 Å². The number of rotatable bonds is 3. The molecule has 1 nitrogen and oxygen atoms in total. The predicted octanol–water partition coefficient (Wildman–Crippen LogP) is 4.32. The zero-order chi connectivity index (χ0) is 14.9. The van der Waals surface area contributed by atoms with Crippen molar-refractivity contribution in [3.63, 3.8) is 0 Å². The minimum absolute atomic E-state index is 0.368. The SMILES string of the molecule is CCCC[C@]1(C)O[C@@]1(C#Cc1ccccc1)C(F)(F)F. The van der Waals surface area contributed by atoms with Crippen molar-refractivity contribution in [2.45, 2.75) is 50.5 Å². The Morgan fingerprint density at radius 2 is 1.85 bits per heavy atom. The summed E-state index contributed by atoms with van der Waals surface area (Å²) in [5, 5.41) is 0. The molecule has 2 atom stereocenters. The van der Waals surface area contributed by atoms with E-state index in [1.54, 1.807) is 30.3 Å². The minimum atomic E-state index is -4.47. The Morgan fingerprint density at radius 1 is 1.20 bits per heavy atom. The second-order valence-electron chi connectivity index (χ2n) is 5.23. The fraction of sp³-hybridized carbons (Fsp3) is 0.500. The lowest BCUT2D eigenvalue weighted by Gasteiger charge is -2.14. The first-order valence-corrected chi connectivity index (χ1v) is 6.70. The molecule has 0 aromatic heterocycles. The molecule has 2 rings (SSSR count). The van der Waals surface area contributed by atoms with Crippen LogP contribution in [0.5, 0.6) is 0 Å². The average molecular weight is 282 g/mol. The van der Waals surface area contributed by atoms with Gasteiger partial charge in [0.25, 0.3) is 5.60 Å². The van der Waals surface area contributed by atoms with Crippen LogP contribution in [0.25, 0.3) is 0 Å². The van der Waals surface area contributed by atoms with Gasteiger partial charge in [-0.1, -0.05) is 43.9 Å². The van der Waals surface area contributed by atoms with Crippen molar-refractivity contribution >= 4 is 0 Å². The second kappa shape index (κ2) is 5.14. The van der Waals surface area contributed by atoms with Crippen LogP contribution in [0.4, 0.5) is 13.2 Å². The summed E-state index contributed by atoms with van der Waals surface area (Å²) in [5.41, 5.74) is -2.97. The second-order valence-corrected chi connectivity index (χ2v) is 5.23. The molecule has 1 saturated heterocycles. The number of ether oxygens (including phenoxy) is 1. The van der Waals surface area contributed by atoms with Gasteiger partial charge < -0.3 is 4.74 Å². The molecule has 0 unspecified atom stereocenters. The summed E-state index contributed by atoms with van der Waals surface area (Å²) < 4.78 is 45.0. The molecule has 0 N–H and O–H groups in total. The van der Waals surface area contributed by atoms with E-state index < -0.39 is 17.4 Å². The van der Waals surface area contributed by atoms with Gasteiger partial charge >= 0.3 is 6.18 Å². The van der Waals surface area contributed by atoms with Gasteiger partial charge in [0.2, 0.25) is 0 Å². The van der Waals surface area contributed by atoms with Crippen LogP contribution in [0.2, 0.25) is 0 Å². The lowest BCUT2D eigenvalue weighted by Crippen LogP contribution is -2.38.